The van der Waals surface area contributed by atoms with Crippen molar-refractivity contribution in [1.82, 2.24) is 5.32 Å². The van der Waals surface area contributed by atoms with Crippen molar-refractivity contribution >= 4 is 17.4 Å². The predicted octanol–water partition coefficient (Wildman–Crippen LogP) is 3.62. The van der Waals surface area contributed by atoms with E-state index in [1.54, 1.807) is 12.1 Å². The fourth-order valence-electron chi connectivity index (χ4n) is 1.72. The summed E-state index contributed by atoms with van der Waals surface area (Å²) in [5, 5.41) is 3.22. The van der Waals surface area contributed by atoms with E-state index in [1.165, 1.54) is 6.07 Å². The molecule has 0 heterocycles. The van der Waals surface area contributed by atoms with Crippen molar-refractivity contribution in [3.8, 4) is 0 Å². The summed E-state index contributed by atoms with van der Waals surface area (Å²) in [5.74, 6) is 0.316. The van der Waals surface area contributed by atoms with Crippen LogP contribution in [0.3, 0.4) is 0 Å². The summed E-state index contributed by atoms with van der Waals surface area (Å²) < 4.78 is 13.6. The van der Waals surface area contributed by atoms with Crippen LogP contribution in [0.5, 0.6) is 0 Å². The number of rotatable bonds is 8. The highest BCUT2D eigenvalue weighted by atomic mass is 35.5. The standard InChI is InChI=1S/C15H21ClFNO/c1-11(2)8-9-18-10-13(19)7-6-12-4-3-5-14(16)15(12)17/h3-5,11,18H,6-10H2,1-2H3. The summed E-state index contributed by atoms with van der Waals surface area (Å²) in [4.78, 5) is 11.6. The van der Waals surface area contributed by atoms with Gasteiger partial charge in [0.25, 0.3) is 0 Å². The Morgan fingerprint density at radius 2 is 2.16 bits per heavy atom. The molecular formula is C15H21ClFNO. The van der Waals surface area contributed by atoms with Gasteiger partial charge in [-0.25, -0.2) is 4.39 Å². The summed E-state index contributed by atoms with van der Waals surface area (Å²) in [7, 11) is 0. The smallest absolute Gasteiger partial charge is 0.146 e. The summed E-state index contributed by atoms with van der Waals surface area (Å²) in [5.41, 5.74) is 0.503. The molecule has 2 nitrogen and oxygen atoms in total. The molecule has 0 aliphatic heterocycles. The molecule has 19 heavy (non-hydrogen) atoms. The number of nitrogens with one attached hydrogen (secondary N) is 1. The highest BCUT2D eigenvalue weighted by Crippen LogP contribution is 2.18. The van der Waals surface area contributed by atoms with Gasteiger partial charge in [-0.1, -0.05) is 37.6 Å². The van der Waals surface area contributed by atoms with Gasteiger partial charge in [-0.15, -0.1) is 0 Å². The molecule has 0 bridgehead atoms. The first-order valence-electron chi connectivity index (χ1n) is 6.66. The predicted molar refractivity (Wildman–Crippen MR) is 77.1 cm³/mol. The lowest BCUT2D eigenvalue weighted by Gasteiger charge is -2.07. The van der Waals surface area contributed by atoms with Crippen LogP contribution in [0.25, 0.3) is 0 Å². The minimum Gasteiger partial charge on any atom is -0.310 e. The van der Waals surface area contributed by atoms with Gasteiger partial charge in [-0.2, -0.15) is 0 Å². The van der Waals surface area contributed by atoms with Crippen molar-refractivity contribution in [2.45, 2.75) is 33.1 Å². The van der Waals surface area contributed by atoms with Crippen LogP contribution < -0.4 is 5.32 Å². The van der Waals surface area contributed by atoms with Crippen LogP contribution in [-0.4, -0.2) is 18.9 Å². The van der Waals surface area contributed by atoms with Gasteiger partial charge in [0.05, 0.1) is 11.6 Å². The number of Topliss-reactive ketones (excluding diaryl/α,β-unsaturated/α-hetero) is 1. The Balaban J connectivity index is 2.28. The third kappa shape index (κ3) is 6.17. The Kier molecular flexibility index (Phi) is 7.03. The van der Waals surface area contributed by atoms with Gasteiger partial charge in [-0.05, 0) is 36.9 Å². The molecule has 0 aromatic heterocycles. The largest absolute Gasteiger partial charge is 0.310 e. The lowest BCUT2D eigenvalue weighted by Crippen LogP contribution is -2.25. The summed E-state index contributed by atoms with van der Waals surface area (Å²) in [6, 6.07) is 4.88. The van der Waals surface area contributed by atoms with Crippen molar-refractivity contribution < 1.29 is 9.18 Å². The number of carbonyl (C=O) groups is 1. The number of benzene rings is 1. The second kappa shape index (κ2) is 8.28. The van der Waals surface area contributed by atoms with Gasteiger partial charge in [0.1, 0.15) is 11.6 Å². The monoisotopic (exact) mass is 285 g/mol. The molecule has 0 radical (unpaired) electrons. The van der Waals surface area contributed by atoms with Crippen LogP contribution in [0.15, 0.2) is 18.2 Å². The molecular weight excluding hydrogens is 265 g/mol. The summed E-state index contributed by atoms with van der Waals surface area (Å²) in [6.07, 6.45) is 1.79. The van der Waals surface area contributed by atoms with Gasteiger partial charge < -0.3 is 5.32 Å². The maximum absolute atomic E-state index is 13.6. The molecule has 1 N–H and O–H groups in total. The number of hydrogen-bond donors (Lipinski definition) is 1. The number of aryl methyl sites for hydroxylation is 1. The third-order valence-corrected chi connectivity index (χ3v) is 3.22. The molecule has 0 unspecified atom stereocenters. The molecule has 0 saturated heterocycles. The van der Waals surface area contributed by atoms with E-state index in [4.69, 9.17) is 11.6 Å². The maximum Gasteiger partial charge on any atom is 0.146 e. The molecule has 1 aromatic rings. The van der Waals surface area contributed by atoms with Crippen molar-refractivity contribution in [3.05, 3.63) is 34.6 Å². The number of carbonyl (C=O) groups excluding carboxylic acids is 1. The third-order valence-electron chi connectivity index (χ3n) is 2.93. The maximum atomic E-state index is 13.6. The van der Waals surface area contributed by atoms with Crippen LogP contribution in [0, 0.1) is 11.7 Å². The van der Waals surface area contributed by atoms with Crippen LogP contribution in [-0.2, 0) is 11.2 Å². The van der Waals surface area contributed by atoms with E-state index in [1.807, 2.05) is 0 Å². The first kappa shape index (κ1) is 16.1. The molecule has 4 heteroatoms. The van der Waals surface area contributed by atoms with E-state index in [0.717, 1.165) is 13.0 Å². The average Bonchev–Trinajstić information content (AvgIpc) is 2.36. The minimum absolute atomic E-state index is 0.100. The Bertz CT molecular complexity index is 421. The van der Waals surface area contributed by atoms with Crippen LogP contribution in [0.1, 0.15) is 32.3 Å². The second-order valence-corrected chi connectivity index (χ2v) is 5.52. The topological polar surface area (TPSA) is 29.1 Å². The molecule has 0 atom stereocenters. The van der Waals surface area contributed by atoms with Crippen molar-refractivity contribution in [1.29, 1.82) is 0 Å². The van der Waals surface area contributed by atoms with E-state index in [2.05, 4.69) is 19.2 Å². The molecule has 1 rings (SSSR count). The van der Waals surface area contributed by atoms with E-state index < -0.39 is 5.82 Å². The van der Waals surface area contributed by atoms with Gasteiger partial charge in [-0.3, -0.25) is 4.79 Å². The van der Waals surface area contributed by atoms with Gasteiger partial charge in [0.2, 0.25) is 0 Å². The Morgan fingerprint density at radius 3 is 2.84 bits per heavy atom. The highest BCUT2D eigenvalue weighted by molar-refractivity contribution is 6.30. The van der Waals surface area contributed by atoms with Crippen molar-refractivity contribution in [2.24, 2.45) is 5.92 Å². The van der Waals surface area contributed by atoms with E-state index >= 15 is 0 Å². The molecule has 0 saturated carbocycles. The Hall–Kier alpha value is -0.930. The van der Waals surface area contributed by atoms with E-state index in [0.29, 0.717) is 30.9 Å². The minimum atomic E-state index is -0.412. The van der Waals surface area contributed by atoms with Crippen LogP contribution >= 0.6 is 11.6 Å². The van der Waals surface area contributed by atoms with E-state index in [-0.39, 0.29) is 10.8 Å². The van der Waals surface area contributed by atoms with Gasteiger partial charge >= 0.3 is 0 Å². The van der Waals surface area contributed by atoms with Crippen molar-refractivity contribution in [3.63, 3.8) is 0 Å². The normalized spacial score (nSPS) is 11.0. The molecule has 0 fully saturated rings. The SMILES string of the molecule is CC(C)CCNCC(=O)CCc1cccc(Cl)c1F. The zero-order valence-electron chi connectivity index (χ0n) is 11.5. The Labute approximate surface area is 119 Å². The highest BCUT2D eigenvalue weighted by Gasteiger charge is 2.08. The summed E-state index contributed by atoms with van der Waals surface area (Å²) in [6.45, 7) is 5.49. The van der Waals surface area contributed by atoms with Crippen molar-refractivity contribution in [2.75, 3.05) is 13.1 Å². The second-order valence-electron chi connectivity index (χ2n) is 5.11. The molecule has 0 aliphatic rings. The van der Waals surface area contributed by atoms with Gasteiger partial charge in [0.15, 0.2) is 0 Å². The lowest BCUT2D eigenvalue weighted by atomic mass is 10.1. The molecule has 0 amide bonds. The van der Waals surface area contributed by atoms with Crippen LogP contribution in [0.2, 0.25) is 5.02 Å². The quantitative estimate of drug-likeness (QED) is 0.739. The number of ketones is 1. The van der Waals surface area contributed by atoms with E-state index in [9.17, 15) is 9.18 Å². The Morgan fingerprint density at radius 1 is 1.42 bits per heavy atom. The first-order valence-corrected chi connectivity index (χ1v) is 7.03. The fourth-order valence-corrected chi connectivity index (χ4v) is 1.92. The van der Waals surface area contributed by atoms with Gasteiger partial charge in [0, 0.05) is 6.42 Å². The molecule has 0 aliphatic carbocycles. The molecule has 1 aromatic carbocycles. The van der Waals surface area contributed by atoms with Crippen LogP contribution in [0.4, 0.5) is 4.39 Å². The number of hydrogen-bond acceptors (Lipinski definition) is 2. The zero-order valence-corrected chi connectivity index (χ0v) is 12.3. The summed E-state index contributed by atoms with van der Waals surface area (Å²) >= 11 is 5.69. The molecule has 0 spiro atoms. The lowest BCUT2D eigenvalue weighted by molar-refractivity contribution is -0.118. The molecule has 106 valence electrons. The fraction of sp³-hybridized carbons (Fsp3) is 0.533. The number of halogens is 2. The average molecular weight is 286 g/mol. The zero-order chi connectivity index (χ0) is 14.3. The first-order chi connectivity index (χ1) is 9.00.